The number of benzene rings is 1. The van der Waals surface area contributed by atoms with Gasteiger partial charge in [0.1, 0.15) is 0 Å². The minimum Gasteiger partial charge on any atom is -0.375 e. The molecule has 1 aromatic carbocycles. The maximum atomic E-state index is 12.6. The van der Waals surface area contributed by atoms with Crippen LogP contribution in [0.5, 0.6) is 0 Å². The van der Waals surface area contributed by atoms with Gasteiger partial charge in [-0.05, 0) is 19.9 Å². The smallest absolute Gasteiger partial charge is 0.276 e. The van der Waals surface area contributed by atoms with E-state index in [1.54, 1.807) is 24.0 Å². The van der Waals surface area contributed by atoms with Crippen LogP contribution in [-0.4, -0.2) is 56.5 Å². The van der Waals surface area contributed by atoms with Crippen molar-refractivity contribution in [2.45, 2.75) is 20.0 Å². The zero-order chi connectivity index (χ0) is 17.3. The van der Waals surface area contributed by atoms with Crippen LogP contribution in [0.25, 0.3) is 5.69 Å². The number of nitro benzene ring substituents is 1. The largest absolute Gasteiger partial charge is 0.375 e. The maximum absolute atomic E-state index is 12.6. The summed E-state index contributed by atoms with van der Waals surface area (Å²) in [7, 11) is 0. The van der Waals surface area contributed by atoms with Gasteiger partial charge in [0, 0.05) is 25.2 Å². The lowest BCUT2D eigenvalue weighted by Crippen LogP contribution is -2.44. The van der Waals surface area contributed by atoms with Crippen LogP contribution in [-0.2, 0) is 4.74 Å². The minimum absolute atomic E-state index is 0.0187. The molecule has 9 heteroatoms. The standard InChI is InChI=1S/C15H17N5O4/c1-10-9-18(6-7-24-10)15(21)14-11(2)19(17-16-14)12-4-3-5-13(8-12)20(22)23/h3-5,8,10H,6-7,9H2,1-2H3/t10-/m0/s1. The highest BCUT2D eigenvalue weighted by atomic mass is 16.6. The summed E-state index contributed by atoms with van der Waals surface area (Å²) in [5, 5.41) is 18.9. The van der Waals surface area contributed by atoms with E-state index in [0.29, 0.717) is 31.1 Å². The highest BCUT2D eigenvalue weighted by Gasteiger charge is 2.27. The number of nitro groups is 1. The van der Waals surface area contributed by atoms with Crippen LogP contribution in [0.3, 0.4) is 0 Å². The zero-order valence-corrected chi connectivity index (χ0v) is 13.4. The molecule has 0 N–H and O–H groups in total. The topological polar surface area (TPSA) is 103 Å². The molecule has 1 aliphatic heterocycles. The second-order valence-corrected chi connectivity index (χ2v) is 5.64. The van der Waals surface area contributed by atoms with Crippen molar-refractivity contribution in [2.24, 2.45) is 0 Å². The molecule has 126 valence electrons. The number of amides is 1. The molecule has 0 radical (unpaired) electrons. The first-order valence-electron chi connectivity index (χ1n) is 7.55. The lowest BCUT2D eigenvalue weighted by atomic mass is 10.2. The van der Waals surface area contributed by atoms with Crippen LogP contribution in [0.15, 0.2) is 24.3 Å². The van der Waals surface area contributed by atoms with Crippen LogP contribution < -0.4 is 0 Å². The van der Waals surface area contributed by atoms with Crippen molar-refractivity contribution in [3.8, 4) is 5.69 Å². The summed E-state index contributed by atoms with van der Waals surface area (Å²) in [5.74, 6) is -0.209. The predicted octanol–water partition coefficient (Wildman–Crippen LogP) is 1.34. The first kappa shape index (κ1) is 16.1. The summed E-state index contributed by atoms with van der Waals surface area (Å²) in [6.07, 6.45) is -0.0187. The monoisotopic (exact) mass is 331 g/mol. The lowest BCUT2D eigenvalue weighted by Gasteiger charge is -2.30. The van der Waals surface area contributed by atoms with Gasteiger partial charge in [-0.3, -0.25) is 14.9 Å². The zero-order valence-electron chi connectivity index (χ0n) is 13.4. The molecule has 0 saturated carbocycles. The highest BCUT2D eigenvalue weighted by Crippen LogP contribution is 2.19. The van der Waals surface area contributed by atoms with Gasteiger partial charge in [0.15, 0.2) is 5.69 Å². The third-order valence-corrected chi connectivity index (χ3v) is 3.91. The summed E-state index contributed by atoms with van der Waals surface area (Å²) in [4.78, 5) is 24.7. The van der Waals surface area contributed by atoms with E-state index in [0.717, 1.165) is 0 Å². The van der Waals surface area contributed by atoms with Gasteiger partial charge in [-0.1, -0.05) is 11.3 Å². The number of hydrogen-bond donors (Lipinski definition) is 0. The Labute approximate surface area is 138 Å². The molecule has 1 fully saturated rings. The summed E-state index contributed by atoms with van der Waals surface area (Å²) >= 11 is 0. The van der Waals surface area contributed by atoms with E-state index >= 15 is 0 Å². The first-order chi connectivity index (χ1) is 11.5. The number of ether oxygens (including phenoxy) is 1. The Morgan fingerprint density at radius 3 is 2.96 bits per heavy atom. The van der Waals surface area contributed by atoms with Crippen molar-refractivity contribution < 1.29 is 14.5 Å². The van der Waals surface area contributed by atoms with E-state index in [9.17, 15) is 14.9 Å². The van der Waals surface area contributed by atoms with Crippen molar-refractivity contribution in [1.29, 1.82) is 0 Å². The van der Waals surface area contributed by atoms with Crippen molar-refractivity contribution >= 4 is 11.6 Å². The molecule has 1 saturated heterocycles. The fourth-order valence-corrected chi connectivity index (χ4v) is 2.66. The molecule has 1 atom stereocenters. The highest BCUT2D eigenvalue weighted by molar-refractivity contribution is 5.93. The molecule has 1 aromatic heterocycles. The van der Waals surface area contributed by atoms with Crippen LogP contribution in [0.1, 0.15) is 23.1 Å². The van der Waals surface area contributed by atoms with E-state index in [4.69, 9.17) is 4.74 Å². The Hall–Kier alpha value is -2.81. The van der Waals surface area contributed by atoms with Crippen molar-refractivity contribution in [3.05, 3.63) is 45.8 Å². The molecule has 3 rings (SSSR count). The van der Waals surface area contributed by atoms with Crippen LogP contribution >= 0.6 is 0 Å². The summed E-state index contributed by atoms with van der Waals surface area (Å²) in [6, 6.07) is 6.04. The number of morpholine rings is 1. The number of carbonyl (C=O) groups excluding carboxylic acids is 1. The Bertz CT molecular complexity index is 788. The molecular weight excluding hydrogens is 314 g/mol. The van der Waals surface area contributed by atoms with Crippen LogP contribution in [0, 0.1) is 17.0 Å². The second kappa shape index (κ2) is 6.36. The van der Waals surface area contributed by atoms with E-state index in [2.05, 4.69) is 10.3 Å². The number of carbonyl (C=O) groups is 1. The fraction of sp³-hybridized carbons (Fsp3) is 0.400. The molecule has 0 unspecified atom stereocenters. The summed E-state index contributed by atoms with van der Waals surface area (Å²) in [6.45, 7) is 5.13. The number of non-ortho nitro benzene ring substituents is 1. The molecule has 2 aromatic rings. The predicted molar refractivity (Wildman–Crippen MR) is 84.1 cm³/mol. The van der Waals surface area contributed by atoms with Crippen molar-refractivity contribution in [3.63, 3.8) is 0 Å². The van der Waals surface area contributed by atoms with Gasteiger partial charge in [0.25, 0.3) is 11.6 Å². The SMILES string of the molecule is Cc1c(C(=O)N2CCO[C@@H](C)C2)nnn1-c1cccc([N+](=O)[O-])c1. The Balaban J connectivity index is 1.90. The molecule has 0 spiro atoms. The van der Waals surface area contributed by atoms with Crippen LogP contribution in [0.2, 0.25) is 0 Å². The third kappa shape index (κ3) is 2.98. The average molecular weight is 331 g/mol. The second-order valence-electron chi connectivity index (χ2n) is 5.64. The van der Waals surface area contributed by atoms with Gasteiger partial charge in [0.05, 0.1) is 29.0 Å². The molecule has 9 nitrogen and oxygen atoms in total. The lowest BCUT2D eigenvalue weighted by molar-refractivity contribution is -0.384. The van der Waals surface area contributed by atoms with Crippen molar-refractivity contribution in [2.75, 3.05) is 19.7 Å². The minimum atomic E-state index is -0.475. The summed E-state index contributed by atoms with van der Waals surface area (Å²) < 4.78 is 6.87. The third-order valence-electron chi connectivity index (χ3n) is 3.91. The van der Waals surface area contributed by atoms with Crippen molar-refractivity contribution in [1.82, 2.24) is 19.9 Å². The molecule has 1 amide bonds. The van der Waals surface area contributed by atoms with Crippen LogP contribution in [0.4, 0.5) is 5.69 Å². The first-order valence-corrected chi connectivity index (χ1v) is 7.55. The number of aromatic nitrogens is 3. The molecule has 24 heavy (non-hydrogen) atoms. The Kier molecular flexibility index (Phi) is 4.26. The molecule has 1 aliphatic rings. The number of nitrogens with zero attached hydrogens (tertiary/aromatic N) is 5. The average Bonchev–Trinajstić information content (AvgIpc) is 2.96. The summed E-state index contributed by atoms with van der Waals surface area (Å²) in [5.41, 5.74) is 1.23. The number of hydrogen-bond acceptors (Lipinski definition) is 6. The fourth-order valence-electron chi connectivity index (χ4n) is 2.66. The van der Waals surface area contributed by atoms with Gasteiger partial charge in [0.2, 0.25) is 0 Å². The van der Waals surface area contributed by atoms with Gasteiger partial charge >= 0.3 is 0 Å². The normalized spacial score (nSPS) is 17.8. The molecule has 0 bridgehead atoms. The maximum Gasteiger partial charge on any atom is 0.276 e. The quantitative estimate of drug-likeness (QED) is 0.621. The Morgan fingerprint density at radius 2 is 2.25 bits per heavy atom. The van der Waals surface area contributed by atoms with Gasteiger partial charge < -0.3 is 9.64 Å². The molecular formula is C15H17N5O4. The number of rotatable bonds is 3. The Morgan fingerprint density at radius 1 is 1.46 bits per heavy atom. The van der Waals surface area contributed by atoms with E-state index in [1.807, 2.05) is 6.92 Å². The van der Waals surface area contributed by atoms with E-state index in [-0.39, 0.29) is 23.4 Å². The van der Waals surface area contributed by atoms with E-state index < -0.39 is 4.92 Å². The van der Waals surface area contributed by atoms with E-state index in [1.165, 1.54) is 16.8 Å². The molecule has 0 aliphatic carbocycles. The van der Waals surface area contributed by atoms with Gasteiger partial charge in [-0.25, -0.2) is 4.68 Å². The van der Waals surface area contributed by atoms with Gasteiger partial charge in [-0.15, -0.1) is 5.10 Å². The molecule has 2 heterocycles. The van der Waals surface area contributed by atoms with Gasteiger partial charge in [-0.2, -0.15) is 0 Å².